The van der Waals surface area contributed by atoms with Gasteiger partial charge < -0.3 is 14.8 Å². The van der Waals surface area contributed by atoms with Crippen molar-refractivity contribution in [3.8, 4) is 5.75 Å². The predicted octanol–water partition coefficient (Wildman–Crippen LogP) is 2.89. The molecule has 2 aromatic rings. The number of carbonyl (C=O) groups excluding carboxylic acids is 1. The Morgan fingerprint density at radius 2 is 1.69 bits per heavy atom. The van der Waals surface area contributed by atoms with Gasteiger partial charge in [0.15, 0.2) is 0 Å². The maximum Gasteiger partial charge on any atom is 0.255 e. The first-order valence-electron chi connectivity index (χ1n) is 9.56. The molecule has 0 saturated carbocycles. The van der Waals surface area contributed by atoms with Crippen molar-refractivity contribution in [2.75, 3.05) is 31.6 Å². The average molecular weight is 419 g/mol. The second-order valence-electron chi connectivity index (χ2n) is 7.11. The largest absolute Gasteiger partial charge is 0.491 e. The van der Waals surface area contributed by atoms with Gasteiger partial charge in [0, 0.05) is 24.3 Å². The van der Waals surface area contributed by atoms with E-state index in [4.69, 9.17) is 9.47 Å². The van der Waals surface area contributed by atoms with Crippen LogP contribution in [0.2, 0.25) is 0 Å². The number of morpholine rings is 1. The number of nitrogens with zero attached hydrogens (tertiary/aromatic N) is 1. The molecule has 0 unspecified atom stereocenters. The predicted molar refractivity (Wildman–Crippen MR) is 112 cm³/mol. The molecule has 3 rings (SSSR count). The summed E-state index contributed by atoms with van der Waals surface area (Å²) in [6.45, 7) is 5.50. The fourth-order valence-electron chi connectivity index (χ4n) is 2.97. The van der Waals surface area contributed by atoms with Crippen LogP contribution < -0.4 is 10.1 Å². The smallest absolute Gasteiger partial charge is 0.255 e. The maximum absolute atomic E-state index is 12.5. The van der Waals surface area contributed by atoms with Crippen molar-refractivity contribution >= 4 is 21.6 Å². The number of hydrogen-bond donors (Lipinski definition) is 1. The Bertz CT molecular complexity index is 919. The quantitative estimate of drug-likeness (QED) is 0.747. The van der Waals surface area contributed by atoms with Crippen LogP contribution >= 0.6 is 0 Å². The van der Waals surface area contributed by atoms with Crippen molar-refractivity contribution in [2.45, 2.75) is 25.7 Å². The lowest BCUT2D eigenvalue weighted by Gasteiger charge is -2.26. The van der Waals surface area contributed by atoms with Crippen LogP contribution in [-0.2, 0) is 20.5 Å². The van der Waals surface area contributed by atoms with Crippen LogP contribution in [0.5, 0.6) is 5.75 Å². The van der Waals surface area contributed by atoms with Gasteiger partial charge >= 0.3 is 0 Å². The Kier molecular flexibility index (Phi) is 6.89. The zero-order chi connectivity index (χ0) is 20.9. The SMILES string of the molecule is CC(C)Oc1ccc(NC(=O)c2ccc(CS(=O)(=O)N3CCOCC3)cc2)cc1. The molecular weight excluding hydrogens is 392 g/mol. The van der Waals surface area contributed by atoms with Crippen molar-refractivity contribution < 1.29 is 22.7 Å². The van der Waals surface area contributed by atoms with Crippen LogP contribution in [0.4, 0.5) is 5.69 Å². The highest BCUT2D eigenvalue weighted by Gasteiger charge is 2.24. The van der Waals surface area contributed by atoms with E-state index < -0.39 is 10.0 Å². The molecule has 0 aliphatic carbocycles. The molecule has 0 atom stereocenters. The molecule has 0 radical (unpaired) electrons. The summed E-state index contributed by atoms with van der Waals surface area (Å²) in [6, 6.07) is 13.8. The van der Waals surface area contributed by atoms with Crippen LogP contribution in [0.25, 0.3) is 0 Å². The van der Waals surface area contributed by atoms with Crippen molar-refractivity contribution in [3.05, 3.63) is 59.7 Å². The minimum atomic E-state index is -3.39. The van der Waals surface area contributed by atoms with E-state index in [0.717, 1.165) is 5.75 Å². The number of benzene rings is 2. The molecule has 1 aliphatic heterocycles. The lowest BCUT2D eigenvalue weighted by atomic mass is 10.1. The minimum absolute atomic E-state index is 0.0843. The summed E-state index contributed by atoms with van der Waals surface area (Å²) in [7, 11) is -3.39. The highest BCUT2D eigenvalue weighted by atomic mass is 32.2. The Hall–Kier alpha value is -2.42. The van der Waals surface area contributed by atoms with Gasteiger partial charge in [-0.25, -0.2) is 8.42 Å². The maximum atomic E-state index is 12.5. The molecule has 1 amide bonds. The number of carbonyl (C=O) groups is 1. The second kappa shape index (κ2) is 9.39. The summed E-state index contributed by atoms with van der Waals surface area (Å²) in [5.74, 6) is 0.389. The van der Waals surface area contributed by atoms with Crippen molar-refractivity contribution in [1.29, 1.82) is 0 Å². The Labute approximate surface area is 171 Å². The van der Waals surface area contributed by atoms with Crippen molar-refractivity contribution in [2.24, 2.45) is 0 Å². The molecule has 0 spiro atoms. The molecule has 2 aromatic carbocycles. The third-order valence-electron chi connectivity index (χ3n) is 4.41. The number of rotatable bonds is 7. The Balaban J connectivity index is 1.59. The Morgan fingerprint density at radius 3 is 2.28 bits per heavy atom. The average Bonchev–Trinajstić information content (AvgIpc) is 2.70. The lowest BCUT2D eigenvalue weighted by molar-refractivity contribution is 0.0729. The number of hydrogen-bond acceptors (Lipinski definition) is 5. The fraction of sp³-hybridized carbons (Fsp3) is 0.381. The molecule has 0 aromatic heterocycles. The highest BCUT2D eigenvalue weighted by Crippen LogP contribution is 2.18. The van der Waals surface area contributed by atoms with Crippen LogP contribution in [-0.4, -0.2) is 51.0 Å². The van der Waals surface area contributed by atoms with Gasteiger partial charge in [-0.1, -0.05) is 12.1 Å². The summed E-state index contributed by atoms with van der Waals surface area (Å²) in [4.78, 5) is 12.4. The zero-order valence-corrected chi connectivity index (χ0v) is 17.4. The van der Waals surface area contributed by atoms with E-state index in [0.29, 0.717) is 43.1 Å². The summed E-state index contributed by atoms with van der Waals surface area (Å²) in [6.07, 6.45) is 0.0843. The molecule has 1 aliphatic rings. The molecule has 1 fully saturated rings. The standard InChI is InChI=1S/C21H26N2O5S/c1-16(2)28-20-9-7-19(8-10-20)22-21(24)18-5-3-17(4-6-18)15-29(25,26)23-11-13-27-14-12-23/h3-10,16H,11-15H2,1-2H3,(H,22,24). The normalized spacial score (nSPS) is 15.3. The van der Waals surface area contributed by atoms with Gasteiger partial charge in [0.1, 0.15) is 5.75 Å². The number of anilines is 1. The van der Waals surface area contributed by atoms with Crippen LogP contribution in [0.15, 0.2) is 48.5 Å². The summed E-state index contributed by atoms with van der Waals surface area (Å²) >= 11 is 0. The molecule has 0 bridgehead atoms. The van der Waals surface area contributed by atoms with Crippen molar-refractivity contribution in [1.82, 2.24) is 4.31 Å². The van der Waals surface area contributed by atoms with Gasteiger partial charge in [0.05, 0.1) is 25.1 Å². The van der Waals surface area contributed by atoms with Gasteiger partial charge in [0.25, 0.3) is 5.91 Å². The van der Waals surface area contributed by atoms with E-state index in [1.807, 2.05) is 13.8 Å². The lowest BCUT2D eigenvalue weighted by Crippen LogP contribution is -2.41. The summed E-state index contributed by atoms with van der Waals surface area (Å²) < 4.78 is 37.2. The molecule has 1 heterocycles. The van der Waals surface area contributed by atoms with E-state index in [9.17, 15) is 13.2 Å². The summed E-state index contributed by atoms with van der Waals surface area (Å²) in [5.41, 5.74) is 1.76. The second-order valence-corrected chi connectivity index (χ2v) is 9.08. The van der Waals surface area contributed by atoms with E-state index in [2.05, 4.69) is 5.32 Å². The van der Waals surface area contributed by atoms with Gasteiger partial charge in [-0.3, -0.25) is 4.79 Å². The first-order valence-corrected chi connectivity index (χ1v) is 11.2. The van der Waals surface area contributed by atoms with E-state index >= 15 is 0 Å². The van der Waals surface area contributed by atoms with Gasteiger partial charge in [-0.05, 0) is 55.8 Å². The van der Waals surface area contributed by atoms with E-state index in [-0.39, 0.29) is 17.8 Å². The summed E-state index contributed by atoms with van der Waals surface area (Å²) in [5, 5.41) is 2.82. The number of ether oxygens (including phenoxy) is 2. The van der Waals surface area contributed by atoms with Gasteiger partial charge in [-0.2, -0.15) is 4.31 Å². The minimum Gasteiger partial charge on any atom is -0.491 e. The zero-order valence-electron chi connectivity index (χ0n) is 16.6. The monoisotopic (exact) mass is 418 g/mol. The topological polar surface area (TPSA) is 84.9 Å². The molecule has 156 valence electrons. The fourth-order valence-corrected chi connectivity index (χ4v) is 4.47. The number of amides is 1. The molecule has 29 heavy (non-hydrogen) atoms. The van der Waals surface area contributed by atoms with Crippen LogP contribution in [0.1, 0.15) is 29.8 Å². The van der Waals surface area contributed by atoms with Gasteiger partial charge in [-0.15, -0.1) is 0 Å². The number of sulfonamides is 1. The molecule has 1 saturated heterocycles. The first-order chi connectivity index (χ1) is 13.8. The Morgan fingerprint density at radius 1 is 1.07 bits per heavy atom. The molecule has 8 heteroatoms. The molecule has 7 nitrogen and oxygen atoms in total. The molecular formula is C21H26N2O5S. The van der Waals surface area contributed by atoms with E-state index in [1.165, 1.54) is 4.31 Å². The third kappa shape index (κ3) is 6.03. The van der Waals surface area contributed by atoms with Gasteiger partial charge in [0.2, 0.25) is 10.0 Å². The van der Waals surface area contributed by atoms with Crippen LogP contribution in [0, 0.1) is 0 Å². The van der Waals surface area contributed by atoms with Crippen molar-refractivity contribution in [3.63, 3.8) is 0 Å². The third-order valence-corrected chi connectivity index (χ3v) is 6.26. The number of nitrogens with one attached hydrogen (secondary N) is 1. The first kappa shape index (κ1) is 21.3. The van der Waals surface area contributed by atoms with Crippen LogP contribution in [0.3, 0.4) is 0 Å². The highest BCUT2D eigenvalue weighted by molar-refractivity contribution is 7.88. The van der Waals surface area contributed by atoms with E-state index in [1.54, 1.807) is 48.5 Å². The molecule has 1 N–H and O–H groups in total.